The standard InChI is InChI=1S/C16H16F3NO5S/c1-9-4-5-12(26-16(17,18)19)11(6-9)20-8-25-7-10(14(21)23-2)13(20)15(22)24-3/h4-6H,7-8H2,1-3H3. The molecule has 1 heterocycles. The average molecular weight is 391 g/mol. The lowest BCUT2D eigenvalue weighted by Gasteiger charge is -2.32. The van der Waals surface area contributed by atoms with Gasteiger partial charge in [0.2, 0.25) is 0 Å². The molecule has 6 nitrogen and oxygen atoms in total. The number of nitrogens with zero attached hydrogens (tertiary/aromatic N) is 1. The topological polar surface area (TPSA) is 65.1 Å². The molecule has 10 heteroatoms. The summed E-state index contributed by atoms with van der Waals surface area (Å²) in [5.74, 6) is -1.70. The first-order valence-corrected chi connectivity index (χ1v) is 8.11. The molecule has 0 unspecified atom stereocenters. The van der Waals surface area contributed by atoms with E-state index in [1.54, 1.807) is 6.92 Å². The molecule has 0 aromatic heterocycles. The smallest absolute Gasteiger partial charge is 0.446 e. The summed E-state index contributed by atoms with van der Waals surface area (Å²) in [5, 5.41) is 0. The van der Waals surface area contributed by atoms with E-state index in [9.17, 15) is 22.8 Å². The summed E-state index contributed by atoms with van der Waals surface area (Å²) in [6.45, 7) is 1.25. The first-order valence-electron chi connectivity index (χ1n) is 7.29. The third-order valence-corrected chi connectivity index (χ3v) is 4.26. The van der Waals surface area contributed by atoms with Crippen LogP contribution in [0.3, 0.4) is 0 Å². The Kier molecular flexibility index (Phi) is 6.19. The van der Waals surface area contributed by atoms with E-state index in [1.807, 2.05) is 0 Å². The van der Waals surface area contributed by atoms with Gasteiger partial charge in [0.1, 0.15) is 12.4 Å². The van der Waals surface area contributed by atoms with E-state index in [1.165, 1.54) is 23.1 Å². The number of aryl methyl sites for hydroxylation is 1. The van der Waals surface area contributed by atoms with E-state index in [-0.39, 0.29) is 47.0 Å². The average Bonchev–Trinajstić information content (AvgIpc) is 2.60. The summed E-state index contributed by atoms with van der Waals surface area (Å²) in [7, 11) is 2.24. The fourth-order valence-corrected chi connectivity index (χ4v) is 3.04. The molecule has 0 spiro atoms. The van der Waals surface area contributed by atoms with Crippen LogP contribution in [0.4, 0.5) is 18.9 Å². The number of methoxy groups -OCH3 is 2. The maximum Gasteiger partial charge on any atom is 0.446 e. The lowest BCUT2D eigenvalue weighted by Crippen LogP contribution is -2.39. The number of halogens is 3. The molecular formula is C16H16F3NO5S. The van der Waals surface area contributed by atoms with Gasteiger partial charge < -0.3 is 19.1 Å². The van der Waals surface area contributed by atoms with Crippen LogP contribution in [-0.4, -0.2) is 45.0 Å². The highest BCUT2D eigenvalue weighted by molar-refractivity contribution is 8.00. The maximum absolute atomic E-state index is 12.9. The zero-order valence-corrected chi connectivity index (χ0v) is 15.0. The Hall–Kier alpha value is -2.20. The van der Waals surface area contributed by atoms with Crippen LogP contribution in [0.2, 0.25) is 0 Å². The van der Waals surface area contributed by atoms with Crippen molar-refractivity contribution >= 4 is 29.4 Å². The lowest BCUT2D eigenvalue weighted by molar-refractivity contribution is -0.140. The fraction of sp³-hybridized carbons (Fsp3) is 0.375. The molecule has 2 rings (SSSR count). The van der Waals surface area contributed by atoms with E-state index >= 15 is 0 Å². The van der Waals surface area contributed by atoms with Crippen molar-refractivity contribution in [2.45, 2.75) is 17.3 Å². The van der Waals surface area contributed by atoms with Crippen molar-refractivity contribution in [2.75, 3.05) is 32.5 Å². The van der Waals surface area contributed by atoms with Gasteiger partial charge in [0.05, 0.1) is 32.1 Å². The van der Waals surface area contributed by atoms with Crippen LogP contribution in [-0.2, 0) is 23.8 Å². The zero-order valence-electron chi connectivity index (χ0n) is 14.2. The zero-order chi connectivity index (χ0) is 19.5. The number of rotatable bonds is 4. The molecule has 0 fully saturated rings. The molecule has 0 saturated carbocycles. The van der Waals surface area contributed by atoms with Gasteiger partial charge in [0, 0.05) is 4.90 Å². The van der Waals surface area contributed by atoms with Crippen molar-refractivity contribution in [2.24, 2.45) is 0 Å². The van der Waals surface area contributed by atoms with Crippen LogP contribution in [0.5, 0.6) is 0 Å². The number of hydrogen-bond donors (Lipinski definition) is 0. The van der Waals surface area contributed by atoms with Crippen molar-refractivity contribution in [3.05, 3.63) is 35.0 Å². The molecule has 0 amide bonds. The molecule has 1 aromatic carbocycles. The Labute approximate surface area is 151 Å². The van der Waals surface area contributed by atoms with Crippen LogP contribution < -0.4 is 4.90 Å². The van der Waals surface area contributed by atoms with E-state index in [2.05, 4.69) is 4.74 Å². The number of esters is 2. The van der Waals surface area contributed by atoms with Crippen molar-refractivity contribution in [1.29, 1.82) is 0 Å². The van der Waals surface area contributed by atoms with Crippen LogP contribution in [0.15, 0.2) is 34.4 Å². The monoisotopic (exact) mass is 391 g/mol. The quantitative estimate of drug-likeness (QED) is 0.577. The summed E-state index contributed by atoms with van der Waals surface area (Å²) >= 11 is -0.322. The SMILES string of the molecule is COC(=O)C1=C(C(=O)OC)N(c2cc(C)ccc2SC(F)(F)F)COC1. The highest BCUT2D eigenvalue weighted by Gasteiger charge is 2.36. The maximum atomic E-state index is 12.9. The summed E-state index contributed by atoms with van der Waals surface area (Å²) in [6, 6.07) is 4.29. The molecule has 0 atom stereocenters. The van der Waals surface area contributed by atoms with E-state index in [0.29, 0.717) is 5.56 Å². The second-order valence-electron chi connectivity index (χ2n) is 5.23. The number of anilines is 1. The van der Waals surface area contributed by atoms with Gasteiger partial charge in [0.15, 0.2) is 0 Å². The molecule has 0 saturated heterocycles. The summed E-state index contributed by atoms with van der Waals surface area (Å²) in [6.07, 6.45) is 0. The van der Waals surface area contributed by atoms with Crippen molar-refractivity contribution in [3.8, 4) is 0 Å². The summed E-state index contributed by atoms with van der Waals surface area (Å²) < 4.78 is 53.4. The van der Waals surface area contributed by atoms with E-state index in [4.69, 9.17) is 9.47 Å². The number of carbonyl (C=O) groups excluding carboxylic acids is 2. The minimum Gasteiger partial charge on any atom is -0.466 e. The molecule has 0 bridgehead atoms. The van der Waals surface area contributed by atoms with Gasteiger partial charge in [-0.2, -0.15) is 13.2 Å². The Morgan fingerprint density at radius 2 is 1.85 bits per heavy atom. The molecule has 1 aliphatic rings. The Morgan fingerprint density at radius 1 is 1.19 bits per heavy atom. The number of ether oxygens (including phenoxy) is 3. The van der Waals surface area contributed by atoms with Crippen molar-refractivity contribution in [3.63, 3.8) is 0 Å². The van der Waals surface area contributed by atoms with Gasteiger partial charge in [-0.25, -0.2) is 9.59 Å². The molecule has 0 N–H and O–H groups in total. The third-order valence-electron chi connectivity index (χ3n) is 3.46. The van der Waals surface area contributed by atoms with E-state index in [0.717, 1.165) is 14.2 Å². The highest BCUT2D eigenvalue weighted by Crippen LogP contribution is 2.43. The normalized spacial score (nSPS) is 15.1. The van der Waals surface area contributed by atoms with Crippen LogP contribution >= 0.6 is 11.8 Å². The van der Waals surface area contributed by atoms with Gasteiger partial charge in [0.25, 0.3) is 0 Å². The lowest BCUT2D eigenvalue weighted by atomic mass is 10.1. The number of benzene rings is 1. The fourth-order valence-electron chi connectivity index (χ4n) is 2.38. The van der Waals surface area contributed by atoms with Gasteiger partial charge in [-0.05, 0) is 36.4 Å². The van der Waals surface area contributed by atoms with Crippen molar-refractivity contribution in [1.82, 2.24) is 0 Å². The van der Waals surface area contributed by atoms with Crippen LogP contribution in [0.1, 0.15) is 5.56 Å². The van der Waals surface area contributed by atoms with Gasteiger partial charge in [-0.15, -0.1) is 0 Å². The minimum atomic E-state index is -4.53. The number of alkyl halides is 3. The molecule has 1 aliphatic heterocycles. The largest absolute Gasteiger partial charge is 0.466 e. The predicted molar refractivity (Wildman–Crippen MR) is 87.4 cm³/mol. The minimum absolute atomic E-state index is 0.0776. The predicted octanol–water partition coefficient (Wildman–Crippen LogP) is 3.00. The molecular weight excluding hydrogens is 375 g/mol. The molecule has 1 aromatic rings. The molecule has 0 radical (unpaired) electrons. The number of carbonyl (C=O) groups is 2. The highest BCUT2D eigenvalue weighted by atomic mass is 32.2. The Bertz CT molecular complexity index is 748. The second-order valence-corrected chi connectivity index (χ2v) is 6.34. The summed E-state index contributed by atoms with van der Waals surface area (Å²) in [5.41, 5.74) is -4.12. The van der Waals surface area contributed by atoms with Gasteiger partial charge in [-0.3, -0.25) is 0 Å². The van der Waals surface area contributed by atoms with Crippen LogP contribution in [0.25, 0.3) is 0 Å². The Morgan fingerprint density at radius 3 is 2.42 bits per heavy atom. The van der Waals surface area contributed by atoms with Gasteiger partial charge in [-0.1, -0.05) is 6.07 Å². The van der Waals surface area contributed by atoms with E-state index < -0.39 is 17.4 Å². The molecule has 0 aliphatic carbocycles. The van der Waals surface area contributed by atoms with Gasteiger partial charge >= 0.3 is 17.4 Å². The van der Waals surface area contributed by atoms with Crippen molar-refractivity contribution < 1.29 is 37.0 Å². The molecule has 142 valence electrons. The summed E-state index contributed by atoms with van der Waals surface area (Å²) in [4.78, 5) is 25.3. The molecule has 26 heavy (non-hydrogen) atoms. The Balaban J connectivity index is 2.63. The third kappa shape index (κ3) is 4.50. The number of hydrogen-bond acceptors (Lipinski definition) is 7. The first kappa shape index (κ1) is 20.1. The number of thioether (sulfide) groups is 1. The van der Waals surface area contributed by atoms with Crippen LogP contribution in [0, 0.1) is 6.92 Å². The second kappa shape index (κ2) is 8.00. The first-order chi connectivity index (χ1) is 12.2.